The summed E-state index contributed by atoms with van der Waals surface area (Å²) in [6, 6.07) is 7.53. The molecule has 1 aliphatic heterocycles. The summed E-state index contributed by atoms with van der Waals surface area (Å²) in [6.07, 6.45) is -0.769. The molecule has 0 saturated heterocycles. The SMILES string of the molecule is CN1C(=O)c2ccc(C(=O)Nc3cc(F)ccc3NC(=O)OC(C)(C)C)cc2C1=O. The van der Waals surface area contributed by atoms with Crippen LogP contribution in [-0.2, 0) is 4.74 Å². The van der Waals surface area contributed by atoms with E-state index in [2.05, 4.69) is 10.6 Å². The van der Waals surface area contributed by atoms with E-state index >= 15 is 0 Å². The van der Waals surface area contributed by atoms with Gasteiger partial charge in [0, 0.05) is 12.6 Å². The monoisotopic (exact) mass is 413 g/mol. The van der Waals surface area contributed by atoms with Gasteiger partial charge in [0.1, 0.15) is 11.4 Å². The van der Waals surface area contributed by atoms with Gasteiger partial charge in [0.15, 0.2) is 0 Å². The molecule has 0 bridgehead atoms. The van der Waals surface area contributed by atoms with Crippen LogP contribution in [0.4, 0.5) is 20.6 Å². The van der Waals surface area contributed by atoms with Gasteiger partial charge < -0.3 is 10.1 Å². The van der Waals surface area contributed by atoms with Crippen LogP contribution in [0.15, 0.2) is 36.4 Å². The van der Waals surface area contributed by atoms with Crippen molar-refractivity contribution in [3.05, 3.63) is 58.9 Å². The van der Waals surface area contributed by atoms with Crippen LogP contribution in [0.5, 0.6) is 0 Å². The van der Waals surface area contributed by atoms with Gasteiger partial charge in [-0.05, 0) is 57.2 Å². The van der Waals surface area contributed by atoms with Crippen LogP contribution in [0, 0.1) is 5.82 Å². The number of ether oxygens (including phenoxy) is 1. The van der Waals surface area contributed by atoms with Crippen molar-refractivity contribution in [3.8, 4) is 0 Å². The highest BCUT2D eigenvalue weighted by Gasteiger charge is 2.33. The predicted molar refractivity (Wildman–Crippen MR) is 107 cm³/mol. The third kappa shape index (κ3) is 4.29. The molecule has 4 amide bonds. The molecule has 30 heavy (non-hydrogen) atoms. The second-order valence-electron chi connectivity index (χ2n) is 7.70. The zero-order chi connectivity index (χ0) is 22.2. The number of carbonyl (C=O) groups excluding carboxylic acids is 4. The molecule has 2 aromatic carbocycles. The van der Waals surface area contributed by atoms with Crippen molar-refractivity contribution in [2.45, 2.75) is 26.4 Å². The average Bonchev–Trinajstić information content (AvgIpc) is 2.86. The fourth-order valence-corrected chi connectivity index (χ4v) is 2.84. The number of nitrogens with zero attached hydrogens (tertiary/aromatic N) is 1. The molecule has 9 heteroatoms. The van der Waals surface area contributed by atoms with Gasteiger partial charge in [-0.25, -0.2) is 9.18 Å². The molecule has 2 aromatic rings. The average molecular weight is 413 g/mol. The lowest BCUT2D eigenvalue weighted by atomic mass is 10.1. The predicted octanol–water partition coefficient (Wildman–Crippen LogP) is 3.65. The van der Waals surface area contributed by atoms with Crippen LogP contribution >= 0.6 is 0 Å². The van der Waals surface area contributed by atoms with Gasteiger partial charge in [-0.2, -0.15) is 0 Å². The van der Waals surface area contributed by atoms with Crippen molar-refractivity contribution < 1.29 is 28.3 Å². The van der Waals surface area contributed by atoms with Gasteiger partial charge in [-0.1, -0.05) is 0 Å². The molecule has 0 aliphatic carbocycles. The first-order chi connectivity index (χ1) is 14.0. The lowest BCUT2D eigenvalue weighted by Gasteiger charge is -2.20. The van der Waals surface area contributed by atoms with E-state index in [1.54, 1.807) is 20.8 Å². The fraction of sp³-hybridized carbons (Fsp3) is 0.238. The Labute approximate surface area is 172 Å². The first kappa shape index (κ1) is 21.0. The first-order valence-electron chi connectivity index (χ1n) is 9.03. The van der Waals surface area contributed by atoms with Crippen LogP contribution in [0.1, 0.15) is 51.8 Å². The topological polar surface area (TPSA) is 105 Å². The third-order valence-corrected chi connectivity index (χ3v) is 4.22. The number of fused-ring (bicyclic) bond motifs is 1. The van der Waals surface area contributed by atoms with E-state index < -0.39 is 35.2 Å². The number of benzene rings is 2. The van der Waals surface area contributed by atoms with E-state index in [0.717, 1.165) is 17.0 Å². The van der Waals surface area contributed by atoms with Crippen LogP contribution in [-0.4, -0.2) is 41.4 Å². The van der Waals surface area contributed by atoms with E-state index in [0.29, 0.717) is 0 Å². The number of amides is 4. The molecule has 0 radical (unpaired) electrons. The summed E-state index contributed by atoms with van der Waals surface area (Å²) in [4.78, 5) is 49.8. The van der Waals surface area contributed by atoms with Crippen molar-refractivity contribution in [3.63, 3.8) is 0 Å². The third-order valence-electron chi connectivity index (χ3n) is 4.22. The maximum atomic E-state index is 13.7. The van der Waals surface area contributed by atoms with Gasteiger partial charge in [0.2, 0.25) is 0 Å². The summed E-state index contributed by atoms with van der Waals surface area (Å²) in [5.41, 5.74) is -0.192. The second kappa shape index (κ2) is 7.58. The molecule has 8 nitrogen and oxygen atoms in total. The van der Waals surface area contributed by atoms with Crippen LogP contribution in [0.3, 0.4) is 0 Å². The molecule has 0 saturated carbocycles. The first-order valence-corrected chi connectivity index (χ1v) is 9.03. The Morgan fingerprint density at radius 1 is 0.933 bits per heavy atom. The molecule has 156 valence electrons. The Morgan fingerprint density at radius 3 is 2.27 bits per heavy atom. The molecule has 0 fully saturated rings. The molecule has 0 aromatic heterocycles. The normalized spacial score (nSPS) is 13.2. The van der Waals surface area contributed by atoms with Crippen molar-refractivity contribution in [1.29, 1.82) is 0 Å². The minimum Gasteiger partial charge on any atom is -0.444 e. The summed E-state index contributed by atoms with van der Waals surface area (Å²) in [5.74, 6) is -2.24. The number of carbonyl (C=O) groups is 4. The van der Waals surface area contributed by atoms with Crippen LogP contribution in [0.25, 0.3) is 0 Å². The molecule has 0 atom stereocenters. The number of halogens is 1. The maximum absolute atomic E-state index is 13.7. The van der Waals surface area contributed by atoms with E-state index in [-0.39, 0.29) is 28.1 Å². The van der Waals surface area contributed by atoms with E-state index in [1.165, 1.54) is 31.3 Å². The summed E-state index contributed by atoms with van der Waals surface area (Å²) >= 11 is 0. The van der Waals surface area contributed by atoms with E-state index in [4.69, 9.17) is 4.74 Å². The van der Waals surface area contributed by atoms with Crippen LogP contribution < -0.4 is 10.6 Å². The Hall–Kier alpha value is -3.75. The minimum atomic E-state index is -0.769. The molecule has 0 unspecified atom stereocenters. The molecule has 0 spiro atoms. The van der Waals surface area contributed by atoms with Crippen LogP contribution in [0.2, 0.25) is 0 Å². The van der Waals surface area contributed by atoms with Crippen molar-refractivity contribution in [2.24, 2.45) is 0 Å². The fourth-order valence-electron chi connectivity index (χ4n) is 2.84. The maximum Gasteiger partial charge on any atom is 0.412 e. The Kier molecular flexibility index (Phi) is 5.30. The highest BCUT2D eigenvalue weighted by atomic mass is 19.1. The summed E-state index contributed by atoms with van der Waals surface area (Å²) < 4.78 is 18.9. The standard InChI is InChI=1S/C21H20FN3O5/c1-21(2,3)30-20(29)24-15-8-6-12(22)10-16(15)23-17(26)11-5-7-13-14(9-11)19(28)25(4)18(13)27/h5-10H,1-4H3,(H,23,26)(H,24,29). The molecule has 2 N–H and O–H groups in total. The Morgan fingerprint density at radius 2 is 1.60 bits per heavy atom. The number of hydrogen-bond acceptors (Lipinski definition) is 5. The van der Waals surface area contributed by atoms with Gasteiger partial charge in [-0.3, -0.25) is 24.6 Å². The van der Waals surface area contributed by atoms with Gasteiger partial charge in [-0.15, -0.1) is 0 Å². The quantitative estimate of drug-likeness (QED) is 0.748. The number of nitrogens with one attached hydrogen (secondary N) is 2. The van der Waals surface area contributed by atoms with Crippen molar-refractivity contribution in [2.75, 3.05) is 17.7 Å². The summed E-state index contributed by atoms with van der Waals surface area (Å²) in [6.45, 7) is 5.08. The minimum absolute atomic E-state index is 0.00544. The summed E-state index contributed by atoms with van der Waals surface area (Å²) in [5, 5.41) is 4.97. The molecular formula is C21H20FN3O5. The zero-order valence-electron chi connectivity index (χ0n) is 16.8. The largest absolute Gasteiger partial charge is 0.444 e. The van der Waals surface area contributed by atoms with Gasteiger partial charge in [0.25, 0.3) is 17.7 Å². The van der Waals surface area contributed by atoms with Crippen molar-refractivity contribution >= 4 is 35.2 Å². The molecule has 3 rings (SSSR count). The van der Waals surface area contributed by atoms with Gasteiger partial charge in [0.05, 0.1) is 22.5 Å². The van der Waals surface area contributed by atoms with E-state index in [1.807, 2.05) is 0 Å². The van der Waals surface area contributed by atoms with Gasteiger partial charge >= 0.3 is 6.09 Å². The smallest absolute Gasteiger partial charge is 0.412 e. The highest BCUT2D eigenvalue weighted by Crippen LogP contribution is 2.26. The van der Waals surface area contributed by atoms with E-state index in [9.17, 15) is 23.6 Å². The Bertz CT molecular complexity index is 1070. The number of imide groups is 1. The number of rotatable bonds is 3. The molecule has 1 aliphatic rings. The highest BCUT2D eigenvalue weighted by molar-refractivity contribution is 6.22. The second-order valence-corrected chi connectivity index (χ2v) is 7.70. The molecule has 1 heterocycles. The van der Waals surface area contributed by atoms with Crippen molar-refractivity contribution in [1.82, 2.24) is 4.90 Å². The lowest BCUT2D eigenvalue weighted by Crippen LogP contribution is -2.27. The zero-order valence-corrected chi connectivity index (χ0v) is 16.8. The lowest BCUT2D eigenvalue weighted by molar-refractivity contribution is 0.0633. The molecular weight excluding hydrogens is 393 g/mol. The number of anilines is 2. The number of hydrogen-bond donors (Lipinski definition) is 2. The Balaban J connectivity index is 1.84. The summed E-state index contributed by atoms with van der Waals surface area (Å²) in [7, 11) is 1.35.